The summed E-state index contributed by atoms with van der Waals surface area (Å²) >= 11 is 0. The lowest BCUT2D eigenvalue weighted by Gasteiger charge is -2.12. The molecule has 24 heavy (non-hydrogen) atoms. The first-order valence-corrected chi connectivity index (χ1v) is 8.12. The largest absolute Gasteiger partial charge is 0.352 e. The monoisotopic (exact) mass is 333 g/mol. The molecule has 1 aromatic heterocycles. The van der Waals surface area contributed by atoms with E-state index in [-0.39, 0.29) is 23.8 Å². The highest BCUT2D eigenvalue weighted by Crippen LogP contribution is 2.42. The maximum atomic E-state index is 13.8. The summed E-state index contributed by atoms with van der Waals surface area (Å²) in [7, 11) is 0. The second-order valence-electron chi connectivity index (χ2n) is 6.64. The van der Waals surface area contributed by atoms with Gasteiger partial charge in [-0.25, -0.2) is 8.78 Å². The predicted molar refractivity (Wildman–Crippen MR) is 86.6 cm³/mol. The highest BCUT2D eigenvalue weighted by atomic mass is 19.1. The van der Waals surface area contributed by atoms with E-state index in [4.69, 9.17) is 0 Å². The van der Waals surface area contributed by atoms with Gasteiger partial charge in [0.2, 0.25) is 5.91 Å². The van der Waals surface area contributed by atoms with E-state index in [0.29, 0.717) is 18.4 Å². The standard InChI is InChI=1S/C18H21F2N3O/c1-9(6-14-10(2)22-23-11(14)3)18(24)21-17-8-15(17)13-5-4-12(19)7-16(13)20/h4-5,7,9,15,17H,6,8H2,1-3H3,(H,21,24)(H,22,23)/t9-,15-,17-/m0/s1. The highest BCUT2D eigenvalue weighted by Gasteiger charge is 2.41. The molecule has 0 radical (unpaired) electrons. The van der Waals surface area contributed by atoms with Crippen molar-refractivity contribution in [2.24, 2.45) is 5.92 Å². The molecule has 0 bridgehead atoms. The van der Waals surface area contributed by atoms with Gasteiger partial charge in [0.25, 0.3) is 0 Å². The van der Waals surface area contributed by atoms with Crippen LogP contribution in [0.5, 0.6) is 0 Å². The van der Waals surface area contributed by atoms with Crippen molar-refractivity contribution in [3.8, 4) is 0 Å². The number of aromatic nitrogens is 2. The lowest BCUT2D eigenvalue weighted by atomic mass is 9.99. The van der Waals surface area contributed by atoms with Crippen molar-refractivity contribution in [2.75, 3.05) is 0 Å². The summed E-state index contributed by atoms with van der Waals surface area (Å²) in [6, 6.07) is 3.53. The molecule has 3 atom stereocenters. The number of hydrogen-bond donors (Lipinski definition) is 2. The molecule has 0 unspecified atom stereocenters. The van der Waals surface area contributed by atoms with Crippen LogP contribution in [0.2, 0.25) is 0 Å². The third kappa shape index (κ3) is 3.32. The molecule has 1 aromatic carbocycles. The first kappa shape index (κ1) is 16.6. The SMILES string of the molecule is Cc1n[nH]c(C)c1C[C@H](C)C(=O)N[C@H]1C[C@H]1c1ccc(F)cc1F. The second-order valence-corrected chi connectivity index (χ2v) is 6.64. The van der Waals surface area contributed by atoms with Crippen molar-refractivity contribution in [1.29, 1.82) is 0 Å². The number of halogens is 2. The number of nitrogens with zero attached hydrogens (tertiary/aromatic N) is 1. The Morgan fingerprint density at radius 3 is 2.79 bits per heavy atom. The molecular formula is C18H21F2N3O. The molecule has 0 spiro atoms. The molecule has 1 heterocycles. The number of carbonyl (C=O) groups is 1. The molecule has 3 rings (SSSR count). The molecule has 4 nitrogen and oxygen atoms in total. The van der Waals surface area contributed by atoms with Crippen LogP contribution in [0.3, 0.4) is 0 Å². The quantitative estimate of drug-likeness (QED) is 0.883. The van der Waals surface area contributed by atoms with E-state index >= 15 is 0 Å². The van der Waals surface area contributed by atoms with Gasteiger partial charge in [-0.1, -0.05) is 13.0 Å². The summed E-state index contributed by atoms with van der Waals surface area (Å²) in [5.74, 6) is -1.45. The molecule has 1 aliphatic carbocycles. The van der Waals surface area contributed by atoms with E-state index in [1.807, 2.05) is 20.8 Å². The average Bonchev–Trinajstić information content (AvgIpc) is 3.20. The number of carbonyl (C=O) groups excluding carboxylic acids is 1. The summed E-state index contributed by atoms with van der Waals surface area (Å²) in [6.45, 7) is 5.73. The Kier molecular flexibility index (Phi) is 4.39. The summed E-state index contributed by atoms with van der Waals surface area (Å²) in [6.07, 6.45) is 1.30. The van der Waals surface area contributed by atoms with Gasteiger partial charge in [0.15, 0.2) is 0 Å². The molecule has 1 amide bonds. The molecule has 6 heteroatoms. The normalized spacial score (nSPS) is 20.7. The fraction of sp³-hybridized carbons (Fsp3) is 0.444. The fourth-order valence-electron chi connectivity index (χ4n) is 3.10. The number of nitrogens with one attached hydrogen (secondary N) is 2. The van der Waals surface area contributed by atoms with E-state index in [1.54, 1.807) is 0 Å². The lowest BCUT2D eigenvalue weighted by molar-refractivity contribution is -0.124. The number of hydrogen-bond acceptors (Lipinski definition) is 2. The van der Waals surface area contributed by atoms with Crippen LogP contribution in [0, 0.1) is 31.4 Å². The maximum Gasteiger partial charge on any atom is 0.223 e. The molecular weight excluding hydrogens is 312 g/mol. The summed E-state index contributed by atoms with van der Waals surface area (Å²) < 4.78 is 26.8. The van der Waals surface area contributed by atoms with Crippen molar-refractivity contribution in [3.63, 3.8) is 0 Å². The molecule has 0 saturated heterocycles. The van der Waals surface area contributed by atoms with Crippen LogP contribution < -0.4 is 5.32 Å². The number of aromatic amines is 1. The van der Waals surface area contributed by atoms with Crippen molar-refractivity contribution in [2.45, 2.75) is 45.6 Å². The number of H-pyrrole nitrogens is 1. The molecule has 1 aliphatic rings. The van der Waals surface area contributed by atoms with Gasteiger partial charge in [0.05, 0.1) is 5.69 Å². The zero-order valence-corrected chi connectivity index (χ0v) is 14.0. The smallest absolute Gasteiger partial charge is 0.223 e. The Morgan fingerprint density at radius 2 is 2.17 bits per heavy atom. The molecule has 1 saturated carbocycles. The third-order valence-electron chi connectivity index (χ3n) is 4.72. The minimum atomic E-state index is -0.586. The Labute approximate surface area is 139 Å². The van der Waals surface area contributed by atoms with Crippen LogP contribution in [0.15, 0.2) is 18.2 Å². The van der Waals surface area contributed by atoms with E-state index in [9.17, 15) is 13.6 Å². The molecule has 2 N–H and O–H groups in total. The van der Waals surface area contributed by atoms with Gasteiger partial charge in [-0.05, 0) is 43.9 Å². The van der Waals surface area contributed by atoms with Gasteiger partial charge >= 0.3 is 0 Å². The fourth-order valence-corrected chi connectivity index (χ4v) is 3.10. The zero-order chi connectivity index (χ0) is 17.4. The summed E-state index contributed by atoms with van der Waals surface area (Å²) in [5, 5.41) is 10.0. The Bertz CT molecular complexity index is 752. The van der Waals surface area contributed by atoms with E-state index in [2.05, 4.69) is 15.5 Å². The summed E-state index contributed by atoms with van der Waals surface area (Å²) in [5.41, 5.74) is 3.42. The number of amides is 1. The van der Waals surface area contributed by atoms with E-state index < -0.39 is 11.6 Å². The van der Waals surface area contributed by atoms with Crippen LogP contribution >= 0.6 is 0 Å². The predicted octanol–water partition coefficient (Wildman–Crippen LogP) is 3.16. The second kappa shape index (κ2) is 6.34. The van der Waals surface area contributed by atoms with Crippen LogP contribution in [0.25, 0.3) is 0 Å². The topological polar surface area (TPSA) is 57.8 Å². The van der Waals surface area contributed by atoms with Crippen molar-refractivity contribution < 1.29 is 13.6 Å². The van der Waals surface area contributed by atoms with E-state index in [1.165, 1.54) is 12.1 Å². The average molecular weight is 333 g/mol. The van der Waals surface area contributed by atoms with Gasteiger partial charge in [-0.2, -0.15) is 5.10 Å². The molecule has 1 fully saturated rings. The maximum absolute atomic E-state index is 13.8. The highest BCUT2D eigenvalue weighted by molar-refractivity contribution is 5.79. The number of benzene rings is 1. The molecule has 0 aliphatic heterocycles. The first-order chi connectivity index (χ1) is 11.4. The van der Waals surface area contributed by atoms with Crippen molar-refractivity contribution in [3.05, 3.63) is 52.3 Å². The van der Waals surface area contributed by atoms with Crippen LogP contribution in [-0.4, -0.2) is 22.1 Å². The van der Waals surface area contributed by atoms with Crippen LogP contribution in [0.4, 0.5) is 8.78 Å². The number of rotatable bonds is 5. The van der Waals surface area contributed by atoms with Crippen LogP contribution in [0.1, 0.15) is 41.8 Å². The van der Waals surface area contributed by atoms with Crippen molar-refractivity contribution in [1.82, 2.24) is 15.5 Å². The zero-order valence-electron chi connectivity index (χ0n) is 14.0. The van der Waals surface area contributed by atoms with Crippen LogP contribution in [-0.2, 0) is 11.2 Å². The van der Waals surface area contributed by atoms with Gasteiger partial charge in [0.1, 0.15) is 11.6 Å². The first-order valence-electron chi connectivity index (χ1n) is 8.12. The van der Waals surface area contributed by atoms with Gasteiger partial charge in [0, 0.05) is 29.6 Å². The van der Waals surface area contributed by atoms with E-state index in [0.717, 1.165) is 23.0 Å². The Hall–Kier alpha value is -2.24. The van der Waals surface area contributed by atoms with Crippen molar-refractivity contribution >= 4 is 5.91 Å². The Morgan fingerprint density at radius 1 is 1.42 bits per heavy atom. The minimum Gasteiger partial charge on any atom is -0.352 e. The summed E-state index contributed by atoms with van der Waals surface area (Å²) in [4.78, 5) is 12.4. The lowest BCUT2D eigenvalue weighted by Crippen LogP contribution is -2.32. The third-order valence-corrected chi connectivity index (χ3v) is 4.72. The van der Waals surface area contributed by atoms with Gasteiger partial charge < -0.3 is 5.32 Å². The Balaban J connectivity index is 1.58. The van der Waals surface area contributed by atoms with Gasteiger partial charge in [-0.3, -0.25) is 9.89 Å². The molecule has 2 aromatic rings. The molecule has 128 valence electrons. The number of aryl methyl sites for hydroxylation is 2. The van der Waals surface area contributed by atoms with Gasteiger partial charge in [-0.15, -0.1) is 0 Å². The minimum absolute atomic E-state index is 0.0509.